The number of rotatable bonds is 3. The van der Waals surface area contributed by atoms with Gasteiger partial charge >= 0.3 is 17.9 Å². The Morgan fingerprint density at radius 2 is 1.73 bits per heavy atom. The van der Waals surface area contributed by atoms with E-state index in [9.17, 15) is 14.4 Å². The summed E-state index contributed by atoms with van der Waals surface area (Å²) in [5.41, 5.74) is -0.320. The molecule has 2 bridgehead atoms. The molecule has 7 heteroatoms. The molecule has 2 spiro atoms. The summed E-state index contributed by atoms with van der Waals surface area (Å²) in [5, 5.41) is 1.32. The average Bonchev–Trinajstić information content (AvgIpc) is 3.33. The van der Waals surface area contributed by atoms with Crippen molar-refractivity contribution in [1.82, 2.24) is 5.06 Å². The number of ether oxygens (including phenoxy) is 2. The Hall–Kier alpha value is -2.41. The summed E-state index contributed by atoms with van der Waals surface area (Å²) < 4.78 is 12.3. The first kappa shape index (κ1) is 22.4. The van der Waals surface area contributed by atoms with Crippen LogP contribution >= 0.6 is 0 Å². The normalized spacial score (nSPS) is 38.1. The lowest BCUT2D eigenvalue weighted by atomic mass is 9.71. The van der Waals surface area contributed by atoms with Crippen molar-refractivity contribution in [2.45, 2.75) is 83.6 Å². The summed E-state index contributed by atoms with van der Waals surface area (Å²) in [6.45, 7) is 8.17. The summed E-state index contributed by atoms with van der Waals surface area (Å²) in [5.74, 6) is -2.93. The molecule has 1 aromatic rings. The number of hydroxylamine groups is 2. The Bertz CT molecular complexity index is 951. The smallest absolute Gasteiger partial charge is 0.357 e. The van der Waals surface area contributed by atoms with Gasteiger partial charge in [-0.05, 0) is 63.0 Å². The number of fused-ring (bicyclic) bond motifs is 3. The first-order valence-electron chi connectivity index (χ1n) is 12.2. The van der Waals surface area contributed by atoms with Crippen LogP contribution in [0, 0.1) is 30.6 Å². The van der Waals surface area contributed by atoms with Crippen LogP contribution in [0.25, 0.3) is 0 Å². The Kier molecular flexibility index (Phi) is 5.31. The van der Waals surface area contributed by atoms with Crippen LogP contribution in [-0.2, 0) is 23.9 Å². The van der Waals surface area contributed by atoms with Crippen LogP contribution in [0.5, 0.6) is 0 Å². The standard InChI is InChI=1S/C26H33NO6/c1-15(2)21-12-7-17(4)14-25(21)31-23(29)26(24(30)32-25)19-10-11-20(13-19)27(26)33-22(28)18-8-5-16(3)6-9-18/h5-6,8-9,15,17,19-21H,7,10-14H2,1-4H3/t17-,19-,20+,21+,25?,26?/m1/s1. The molecule has 0 radical (unpaired) electrons. The Morgan fingerprint density at radius 1 is 1.06 bits per heavy atom. The maximum Gasteiger partial charge on any atom is 0.357 e. The summed E-state index contributed by atoms with van der Waals surface area (Å²) in [6.07, 6.45) is 4.40. The number of nitrogens with zero attached hydrogens (tertiary/aromatic N) is 1. The Morgan fingerprint density at radius 3 is 2.36 bits per heavy atom. The lowest BCUT2D eigenvalue weighted by Gasteiger charge is -2.53. The maximum absolute atomic E-state index is 13.8. The first-order valence-corrected chi connectivity index (χ1v) is 12.2. The zero-order valence-corrected chi connectivity index (χ0v) is 19.8. The van der Waals surface area contributed by atoms with E-state index in [1.165, 1.54) is 5.06 Å². The lowest BCUT2D eigenvalue weighted by molar-refractivity contribution is -0.314. The van der Waals surface area contributed by atoms with Gasteiger partial charge in [-0.3, -0.25) is 0 Å². The van der Waals surface area contributed by atoms with Crippen LogP contribution in [-0.4, -0.2) is 40.3 Å². The highest BCUT2D eigenvalue weighted by molar-refractivity contribution is 6.07. The van der Waals surface area contributed by atoms with Gasteiger partial charge in [-0.1, -0.05) is 38.5 Å². The molecule has 33 heavy (non-hydrogen) atoms. The molecule has 2 saturated carbocycles. The van der Waals surface area contributed by atoms with Crippen LogP contribution in [0.15, 0.2) is 24.3 Å². The van der Waals surface area contributed by atoms with Crippen molar-refractivity contribution in [3.63, 3.8) is 0 Å². The van der Waals surface area contributed by atoms with Gasteiger partial charge in [0.15, 0.2) is 0 Å². The van der Waals surface area contributed by atoms with E-state index in [0.717, 1.165) is 24.8 Å². The third kappa shape index (κ3) is 3.30. The van der Waals surface area contributed by atoms with Crippen LogP contribution in [0.3, 0.4) is 0 Å². The molecule has 2 heterocycles. The fraction of sp³-hybridized carbons (Fsp3) is 0.654. The molecule has 4 fully saturated rings. The molecular formula is C26H33NO6. The summed E-state index contributed by atoms with van der Waals surface area (Å²) in [4.78, 5) is 46.3. The van der Waals surface area contributed by atoms with Gasteiger partial charge in [0, 0.05) is 24.3 Å². The van der Waals surface area contributed by atoms with Crippen molar-refractivity contribution in [3.8, 4) is 0 Å². The van der Waals surface area contributed by atoms with E-state index in [2.05, 4.69) is 20.8 Å². The molecule has 4 aliphatic rings. The third-order valence-corrected chi connectivity index (χ3v) is 8.27. The molecule has 0 aromatic heterocycles. The summed E-state index contributed by atoms with van der Waals surface area (Å²) >= 11 is 0. The van der Waals surface area contributed by atoms with Gasteiger partial charge in [0.05, 0.1) is 5.56 Å². The average molecular weight is 456 g/mol. The van der Waals surface area contributed by atoms with E-state index < -0.39 is 29.2 Å². The number of carbonyl (C=O) groups excluding carboxylic acids is 3. The van der Waals surface area contributed by atoms with Crippen molar-refractivity contribution < 1.29 is 28.7 Å². The summed E-state index contributed by atoms with van der Waals surface area (Å²) in [7, 11) is 0. The molecule has 0 unspecified atom stereocenters. The number of benzene rings is 1. The van der Waals surface area contributed by atoms with Gasteiger partial charge in [0.2, 0.25) is 0 Å². The molecule has 7 nitrogen and oxygen atoms in total. The molecule has 4 atom stereocenters. The van der Waals surface area contributed by atoms with Crippen molar-refractivity contribution in [1.29, 1.82) is 0 Å². The zero-order chi connectivity index (χ0) is 23.5. The molecule has 1 aromatic carbocycles. The second-order valence-corrected chi connectivity index (χ2v) is 10.8. The number of piperidine rings is 1. The fourth-order valence-corrected chi connectivity index (χ4v) is 6.58. The van der Waals surface area contributed by atoms with E-state index in [1.807, 2.05) is 19.1 Å². The van der Waals surface area contributed by atoms with E-state index in [-0.39, 0.29) is 29.7 Å². The summed E-state index contributed by atoms with van der Waals surface area (Å²) in [6, 6.07) is 6.81. The van der Waals surface area contributed by atoms with Crippen LogP contribution < -0.4 is 0 Å². The molecule has 178 valence electrons. The van der Waals surface area contributed by atoms with Gasteiger partial charge in [0.25, 0.3) is 11.3 Å². The highest BCUT2D eigenvalue weighted by Gasteiger charge is 2.74. The minimum absolute atomic E-state index is 0.0545. The number of esters is 2. The number of carbonyl (C=O) groups is 3. The number of hydrogen-bond acceptors (Lipinski definition) is 7. The van der Waals surface area contributed by atoms with Gasteiger partial charge in [-0.25, -0.2) is 14.4 Å². The van der Waals surface area contributed by atoms with E-state index in [1.54, 1.807) is 12.1 Å². The second kappa shape index (κ2) is 7.83. The van der Waals surface area contributed by atoms with E-state index in [0.29, 0.717) is 24.8 Å². The van der Waals surface area contributed by atoms with Crippen molar-refractivity contribution in [2.75, 3.05) is 0 Å². The molecule has 0 amide bonds. The van der Waals surface area contributed by atoms with Gasteiger partial charge < -0.3 is 14.3 Å². The minimum Gasteiger partial charge on any atom is -0.420 e. The largest absolute Gasteiger partial charge is 0.420 e. The molecule has 5 rings (SSSR count). The highest BCUT2D eigenvalue weighted by atomic mass is 16.8. The Labute approximate surface area is 194 Å². The van der Waals surface area contributed by atoms with Crippen LogP contribution in [0.4, 0.5) is 0 Å². The Balaban J connectivity index is 1.46. The van der Waals surface area contributed by atoms with Crippen molar-refractivity contribution in [2.24, 2.45) is 23.7 Å². The van der Waals surface area contributed by atoms with Crippen molar-refractivity contribution >= 4 is 17.9 Å². The molecule has 0 N–H and O–H groups in total. The molecule has 2 saturated heterocycles. The SMILES string of the molecule is Cc1ccc(C(=O)ON2[C@H]3CC[C@H](C3)C23C(=O)OC2(C[C@H](C)CC[C@H]2C(C)C)OC3=O)cc1. The molecule has 2 aliphatic heterocycles. The first-order chi connectivity index (χ1) is 15.7. The lowest BCUT2D eigenvalue weighted by Crippen LogP contribution is -2.72. The topological polar surface area (TPSA) is 82.1 Å². The predicted octanol–water partition coefficient (Wildman–Crippen LogP) is 4.18. The maximum atomic E-state index is 13.8. The van der Waals surface area contributed by atoms with Gasteiger partial charge in [-0.15, -0.1) is 5.06 Å². The number of aryl methyl sites for hydroxylation is 1. The van der Waals surface area contributed by atoms with Crippen molar-refractivity contribution in [3.05, 3.63) is 35.4 Å². The van der Waals surface area contributed by atoms with E-state index >= 15 is 0 Å². The predicted molar refractivity (Wildman–Crippen MR) is 119 cm³/mol. The van der Waals surface area contributed by atoms with Crippen LogP contribution in [0.1, 0.15) is 75.2 Å². The monoisotopic (exact) mass is 455 g/mol. The van der Waals surface area contributed by atoms with Crippen LogP contribution in [0.2, 0.25) is 0 Å². The van der Waals surface area contributed by atoms with Gasteiger partial charge in [0.1, 0.15) is 0 Å². The second-order valence-electron chi connectivity index (χ2n) is 10.8. The fourth-order valence-electron chi connectivity index (χ4n) is 6.58. The third-order valence-electron chi connectivity index (χ3n) is 8.27. The molecular weight excluding hydrogens is 422 g/mol. The molecule has 2 aliphatic carbocycles. The minimum atomic E-state index is -1.71. The highest BCUT2D eigenvalue weighted by Crippen LogP contribution is 2.56. The number of hydrogen-bond donors (Lipinski definition) is 0. The quantitative estimate of drug-likeness (QED) is 0.499. The zero-order valence-electron chi connectivity index (χ0n) is 19.8. The van der Waals surface area contributed by atoms with Gasteiger partial charge in [-0.2, -0.15) is 0 Å². The van der Waals surface area contributed by atoms with E-state index in [4.69, 9.17) is 14.3 Å².